The quantitative estimate of drug-likeness (QED) is 0.159. The number of esters is 1. The van der Waals surface area contributed by atoms with Gasteiger partial charge in [0.15, 0.2) is 0 Å². The predicted molar refractivity (Wildman–Crippen MR) is 155 cm³/mol. The second kappa shape index (κ2) is 15.0. The minimum atomic E-state index is -1.04. The van der Waals surface area contributed by atoms with Gasteiger partial charge in [0, 0.05) is 29.3 Å². The van der Waals surface area contributed by atoms with E-state index < -0.39 is 42.0 Å². The van der Waals surface area contributed by atoms with E-state index in [0.717, 1.165) is 22.0 Å². The van der Waals surface area contributed by atoms with Crippen LogP contribution in [0.5, 0.6) is 0 Å². The SMILES string of the molecule is COC(=O)[C@H](Cc1c[nH]c2ccccc12)NC(=O)[C@H](CC(C)C)NC(=O)[C@H](CS)NC(=O)OCc1ccccc1. The molecule has 1 aromatic heterocycles. The van der Waals surface area contributed by atoms with Crippen LogP contribution in [0.4, 0.5) is 4.79 Å². The maximum Gasteiger partial charge on any atom is 0.408 e. The number of benzene rings is 2. The number of aromatic nitrogens is 1. The third kappa shape index (κ3) is 8.77. The Morgan fingerprint density at radius 1 is 0.875 bits per heavy atom. The van der Waals surface area contributed by atoms with Crippen LogP contribution in [0.1, 0.15) is 31.4 Å². The van der Waals surface area contributed by atoms with Crippen molar-refractivity contribution in [2.45, 2.75) is 51.4 Å². The van der Waals surface area contributed by atoms with Crippen LogP contribution in [0.2, 0.25) is 0 Å². The Bertz CT molecular complexity index is 1300. The highest BCUT2D eigenvalue weighted by molar-refractivity contribution is 7.80. The van der Waals surface area contributed by atoms with Gasteiger partial charge in [-0.15, -0.1) is 0 Å². The molecule has 40 heavy (non-hydrogen) atoms. The van der Waals surface area contributed by atoms with Crippen molar-refractivity contribution in [1.29, 1.82) is 0 Å². The van der Waals surface area contributed by atoms with Crippen LogP contribution in [-0.2, 0) is 36.9 Å². The van der Waals surface area contributed by atoms with Crippen molar-refractivity contribution in [2.24, 2.45) is 5.92 Å². The summed E-state index contributed by atoms with van der Waals surface area (Å²) in [6.07, 6.45) is 1.50. The van der Waals surface area contributed by atoms with Gasteiger partial charge in [-0.3, -0.25) is 9.59 Å². The molecule has 11 heteroatoms. The fraction of sp³-hybridized carbons (Fsp3) is 0.379. The molecule has 214 valence electrons. The lowest BCUT2D eigenvalue weighted by molar-refractivity contribution is -0.145. The Kier molecular flexibility index (Phi) is 11.4. The monoisotopic (exact) mass is 568 g/mol. The first-order valence-corrected chi connectivity index (χ1v) is 13.7. The minimum Gasteiger partial charge on any atom is -0.467 e. The average molecular weight is 569 g/mol. The number of fused-ring (bicyclic) bond motifs is 1. The van der Waals surface area contributed by atoms with Gasteiger partial charge in [0.25, 0.3) is 0 Å². The van der Waals surface area contributed by atoms with Crippen molar-refractivity contribution >= 4 is 47.4 Å². The molecule has 3 aromatic rings. The zero-order valence-corrected chi connectivity index (χ0v) is 23.7. The average Bonchev–Trinajstić information content (AvgIpc) is 3.36. The smallest absolute Gasteiger partial charge is 0.408 e. The van der Waals surface area contributed by atoms with Gasteiger partial charge in [-0.1, -0.05) is 62.4 Å². The van der Waals surface area contributed by atoms with Gasteiger partial charge in [0.1, 0.15) is 24.7 Å². The Morgan fingerprint density at radius 2 is 1.52 bits per heavy atom. The van der Waals surface area contributed by atoms with Crippen molar-refractivity contribution in [2.75, 3.05) is 12.9 Å². The number of nitrogens with one attached hydrogen (secondary N) is 4. The summed E-state index contributed by atoms with van der Waals surface area (Å²) in [5.74, 6) is -1.72. The number of hydrogen-bond donors (Lipinski definition) is 5. The Hall–Kier alpha value is -3.99. The molecule has 10 nitrogen and oxygen atoms in total. The van der Waals surface area contributed by atoms with Gasteiger partial charge >= 0.3 is 12.1 Å². The van der Waals surface area contributed by atoms with E-state index in [-0.39, 0.29) is 24.7 Å². The van der Waals surface area contributed by atoms with E-state index in [1.807, 2.05) is 68.4 Å². The highest BCUT2D eigenvalue weighted by atomic mass is 32.1. The number of ether oxygens (including phenoxy) is 2. The highest BCUT2D eigenvalue weighted by Crippen LogP contribution is 2.19. The Morgan fingerprint density at radius 3 is 2.20 bits per heavy atom. The zero-order valence-electron chi connectivity index (χ0n) is 22.8. The molecular formula is C29H36N4O6S. The standard InChI is InChI=1S/C29H36N4O6S/c1-18(2)13-23(31-27(35)25(17-40)33-29(37)39-16-19-9-5-4-6-10-19)26(34)32-24(28(36)38-3)14-20-15-30-22-12-8-7-11-21(20)22/h4-12,15,18,23-25,30,40H,13-14,16-17H2,1-3H3,(H,31,35)(H,32,34)(H,33,37)/t23-,24-,25-/m0/s1. The molecule has 0 bridgehead atoms. The summed E-state index contributed by atoms with van der Waals surface area (Å²) in [6.45, 7) is 3.86. The van der Waals surface area contributed by atoms with Gasteiger partial charge in [0.2, 0.25) is 11.8 Å². The summed E-state index contributed by atoms with van der Waals surface area (Å²) in [7, 11) is 1.25. The summed E-state index contributed by atoms with van der Waals surface area (Å²) < 4.78 is 10.1. The fourth-order valence-electron chi connectivity index (χ4n) is 4.20. The third-order valence-corrected chi connectivity index (χ3v) is 6.61. The lowest BCUT2D eigenvalue weighted by atomic mass is 10.0. The van der Waals surface area contributed by atoms with Crippen LogP contribution in [-0.4, -0.2) is 59.8 Å². The largest absolute Gasteiger partial charge is 0.467 e. The first-order valence-electron chi connectivity index (χ1n) is 13.0. The number of methoxy groups -OCH3 is 1. The highest BCUT2D eigenvalue weighted by Gasteiger charge is 2.31. The molecule has 0 spiro atoms. The van der Waals surface area contributed by atoms with E-state index in [9.17, 15) is 19.2 Å². The van der Waals surface area contributed by atoms with Crippen LogP contribution in [0, 0.1) is 5.92 Å². The topological polar surface area (TPSA) is 139 Å². The second-order valence-electron chi connectivity index (χ2n) is 9.78. The molecule has 2 aromatic carbocycles. The van der Waals surface area contributed by atoms with Gasteiger partial charge in [-0.05, 0) is 29.5 Å². The Balaban J connectivity index is 1.66. The van der Waals surface area contributed by atoms with Crippen molar-refractivity contribution in [3.05, 3.63) is 71.9 Å². The molecule has 0 unspecified atom stereocenters. The second-order valence-corrected chi connectivity index (χ2v) is 10.1. The van der Waals surface area contributed by atoms with Crippen molar-refractivity contribution in [1.82, 2.24) is 20.9 Å². The van der Waals surface area contributed by atoms with Gasteiger partial charge < -0.3 is 30.4 Å². The van der Waals surface area contributed by atoms with E-state index >= 15 is 0 Å². The molecule has 3 rings (SSSR count). The molecule has 0 saturated carbocycles. The van der Waals surface area contributed by atoms with Gasteiger partial charge in [-0.25, -0.2) is 9.59 Å². The fourth-order valence-corrected chi connectivity index (χ4v) is 4.46. The van der Waals surface area contributed by atoms with E-state index in [1.165, 1.54) is 7.11 Å². The van der Waals surface area contributed by atoms with Crippen LogP contribution in [0.3, 0.4) is 0 Å². The van der Waals surface area contributed by atoms with E-state index in [0.29, 0.717) is 6.42 Å². The molecule has 0 fully saturated rings. The molecule has 0 aliphatic carbocycles. The van der Waals surface area contributed by atoms with Crippen LogP contribution < -0.4 is 16.0 Å². The molecule has 0 aliphatic rings. The van der Waals surface area contributed by atoms with Crippen molar-refractivity contribution in [3.8, 4) is 0 Å². The van der Waals surface area contributed by atoms with Crippen LogP contribution in [0.15, 0.2) is 60.8 Å². The van der Waals surface area contributed by atoms with Crippen LogP contribution in [0.25, 0.3) is 10.9 Å². The zero-order chi connectivity index (χ0) is 29.1. The number of thiol groups is 1. The number of alkyl carbamates (subject to hydrolysis) is 1. The first kappa shape index (κ1) is 30.6. The lowest BCUT2D eigenvalue weighted by Crippen LogP contribution is -2.57. The molecule has 1 heterocycles. The van der Waals surface area contributed by atoms with E-state index in [2.05, 4.69) is 33.6 Å². The summed E-state index contributed by atoms with van der Waals surface area (Å²) in [5.41, 5.74) is 2.54. The number of carbonyl (C=O) groups is 4. The molecule has 3 atom stereocenters. The number of para-hydroxylation sites is 1. The van der Waals surface area contributed by atoms with E-state index in [4.69, 9.17) is 9.47 Å². The number of H-pyrrole nitrogens is 1. The normalized spacial score (nSPS) is 13.2. The first-order chi connectivity index (χ1) is 19.2. The Labute approximate surface area is 239 Å². The molecule has 3 amide bonds. The molecule has 0 radical (unpaired) electrons. The van der Waals surface area contributed by atoms with Crippen LogP contribution >= 0.6 is 12.6 Å². The number of hydrogen-bond acceptors (Lipinski definition) is 7. The summed E-state index contributed by atoms with van der Waals surface area (Å²) in [6, 6.07) is 13.8. The molecular weight excluding hydrogens is 532 g/mol. The van der Waals surface area contributed by atoms with Crippen molar-refractivity contribution < 1.29 is 28.7 Å². The molecule has 4 N–H and O–H groups in total. The number of aromatic amines is 1. The third-order valence-electron chi connectivity index (χ3n) is 6.25. The van der Waals surface area contributed by atoms with Gasteiger partial charge in [0.05, 0.1) is 7.11 Å². The summed E-state index contributed by atoms with van der Waals surface area (Å²) in [4.78, 5) is 54.5. The van der Waals surface area contributed by atoms with E-state index in [1.54, 1.807) is 6.20 Å². The predicted octanol–water partition coefficient (Wildman–Crippen LogP) is 3.12. The number of carbonyl (C=O) groups excluding carboxylic acids is 4. The number of rotatable bonds is 13. The van der Waals surface area contributed by atoms with Gasteiger partial charge in [-0.2, -0.15) is 12.6 Å². The maximum atomic E-state index is 13.4. The summed E-state index contributed by atoms with van der Waals surface area (Å²) >= 11 is 4.19. The number of amides is 3. The maximum absolute atomic E-state index is 13.4. The summed E-state index contributed by atoms with van der Waals surface area (Å²) in [5, 5.41) is 8.87. The van der Waals surface area contributed by atoms with Crippen molar-refractivity contribution in [3.63, 3.8) is 0 Å². The minimum absolute atomic E-state index is 0.0202. The molecule has 0 aliphatic heterocycles. The molecule has 0 saturated heterocycles. The lowest BCUT2D eigenvalue weighted by Gasteiger charge is -2.25.